The zero-order chi connectivity index (χ0) is 13.2. The number of aryl methyl sites for hydroxylation is 2. The molecule has 2 aromatic rings. The van der Waals surface area contributed by atoms with Gasteiger partial charge >= 0.3 is 0 Å². The molecule has 2 aromatic heterocycles. The van der Waals surface area contributed by atoms with Crippen molar-refractivity contribution in [3.05, 3.63) is 41.9 Å². The molecule has 0 spiro atoms. The van der Waals surface area contributed by atoms with Crippen LogP contribution in [-0.2, 0) is 13.0 Å². The second-order valence-corrected chi connectivity index (χ2v) is 5.00. The molecule has 0 unspecified atom stereocenters. The Balaban J connectivity index is 1.56. The minimum Gasteiger partial charge on any atom is -0.469 e. The number of nitrogens with zero attached hydrogens (tertiary/aromatic N) is 2. The van der Waals surface area contributed by atoms with Crippen molar-refractivity contribution in [3.63, 3.8) is 0 Å². The van der Waals surface area contributed by atoms with Gasteiger partial charge in [0.05, 0.1) is 11.8 Å². The molecule has 0 saturated heterocycles. The van der Waals surface area contributed by atoms with Crippen molar-refractivity contribution in [2.75, 3.05) is 6.54 Å². The summed E-state index contributed by atoms with van der Waals surface area (Å²) < 4.78 is 7.32. The number of amides is 1. The molecule has 0 saturated carbocycles. The van der Waals surface area contributed by atoms with Crippen LogP contribution >= 0.6 is 0 Å². The fourth-order valence-corrected chi connectivity index (χ4v) is 2.54. The Morgan fingerprint density at radius 3 is 3.32 bits per heavy atom. The Kier molecular flexibility index (Phi) is 3.11. The van der Waals surface area contributed by atoms with Gasteiger partial charge < -0.3 is 14.3 Å². The van der Waals surface area contributed by atoms with Crippen LogP contribution in [0.15, 0.2) is 29.1 Å². The normalized spacial score (nSPS) is 18.1. The van der Waals surface area contributed by atoms with Crippen molar-refractivity contribution in [3.8, 4) is 0 Å². The van der Waals surface area contributed by atoms with Gasteiger partial charge in [-0.3, -0.25) is 4.79 Å². The highest BCUT2D eigenvalue weighted by molar-refractivity contribution is 5.95. The van der Waals surface area contributed by atoms with E-state index in [1.54, 1.807) is 19.3 Å². The summed E-state index contributed by atoms with van der Waals surface area (Å²) in [6, 6.07) is 1.71. The van der Waals surface area contributed by atoms with E-state index < -0.39 is 0 Å². The smallest absolute Gasteiger partial charge is 0.254 e. The van der Waals surface area contributed by atoms with E-state index in [2.05, 4.69) is 14.9 Å². The maximum atomic E-state index is 12.0. The van der Waals surface area contributed by atoms with Crippen LogP contribution < -0.4 is 5.32 Å². The summed E-state index contributed by atoms with van der Waals surface area (Å²) in [4.78, 5) is 16.3. The van der Waals surface area contributed by atoms with E-state index in [-0.39, 0.29) is 5.91 Å². The predicted molar refractivity (Wildman–Crippen MR) is 69.8 cm³/mol. The molecular weight excluding hydrogens is 242 g/mol. The number of carbonyl (C=O) groups excluding carboxylic acids is 1. The lowest BCUT2D eigenvalue weighted by Gasteiger charge is -2.23. The molecular formula is C14H17N3O2. The van der Waals surface area contributed by atoms with Crippen LogP contribution in [0.25, 0.3) is 0 Å². The van der Waals surface area contributed by atoms with Crippen LogP contribution in [0, 0.1) is 12.8 Å². The molecule has 0 fully saturated rings. The number of imidazole rings is 1. The van der Waals surface area contributed by atoms with Crippen LogP contribution in [0.5, 0.6) is 0 Å². The first-order chi connectivity index (χ1) is 9.24. The van der Waals surface area contributed by atoms with Crippen molar-refractivity contribution in [2.24, 2.45) is 5.92 Å². The number of hydrogen-bond donors (Lipinski definition) is 1. The Morgan fingerprint density at radius 2 is 2.53 bits per heavy atom. The van der Waals surface area contributed by atoms with Gasteiger partial charge in [-0.25, -0.2) is 4.98 Å². The largest absolute Gasteiger partial charge is 0.469 e. The van der Waals surface area contributed by atoms with Crippen molar-refractivity contribution in [2.45, 2.75) is 26.3 Å². The zero-order valence-electron chi connectivity index (χ0n) is 10.9. The number of carbonyl (C=O) groups is 1. The fraction of sp³-hybridized carbons (Fsp3) is 0.429. The van der Waals surface area contributed by atoms with Gasteiger partial charge in [0.25, 0.3) is 5.91 Å². The van der Waals surface area contributed by atoms with Gasteiger partial charge in [-0.1, -0.05) is 0 Å². The molecule has 1 aliphatic rings. The van der Waals surface area contributed by atoms with Crippen molar-refractivity contribution >= 4 is 5.91 Å². The van der Waals surface area contributed by atoms with Crippen molar-refractivity contribution < 1.29 is 9.21 Å². The molecule has 1 aliphatic heterocycles. The van der Waals surface area contributed by atoms with E-state index >= 15 is 0 Å². The van der Waals surface area contributed by atoms with Gasteiger partial charge in [0.1, 0.15) is 11.6 Å². The van der Waals surface area contributed by atoms with Crippen LogP contribution in [0.1, 0.15) is 28.4 Å². The standard InChI is InChI=1S/C14H17N3O2/c1-10-12(3-7-19-10)14(18)16-9-11-2-5-17-6-4-15-13(17)8-11/h3-4,6-7,11H,2,5,8-9H2,1H3,(H,16,18)/t11-/m0/s1. The molecule has 5 nitrogen and oxygen atoms in total. The van der Waals surface area contributed by atoms with Gasteiger partial charge in [-0.05, 0) is 25.3 Å². The van der Waals surface area contributed by atoms with Gasteiger partial charge in [0.2, 0.25) is 0 Å². The molecule has 0 aromatic carbocycles. The molecule has 1 amide bonds. The summed E-state index contributed by atoms with van der Waals surface area (Å²) in [6.07, 6.45) is 7.40. The number of nitrogens with one attached hydrogen (secondary N) is 1. The monoisotopic (exact) mass is 259 g/mol. The minimum atomic E-state index is -0.0554. The Bertz CT molecular complexity index is 585. The number of hydrogen-bond acceptors (Lipinski definition) is 3. The SMILES string of the molecule is Cc1occc1C(=O)NC[C@H]1CCn2ccnc2C1. The number of fused-ring (bicyclic) bond motifs is 1. The van der Waals surface area contributed by atoms with E-state index in [9.17, 15) is 4.79 Å². The molecule has 3 heterocycles. The summed E-state index contributed by atoms with van der Waals surface area (Å²) in [6.45, 7) is 3.48. The zero-order valence-corrected chi connectivity index (χ0v) is 10.9. The van der Waals surface area contributed by atoms with Crippen LogP contribution in [0.4, 0.5) is 0 Å². The third-order valence-corrected chi connectivity index (χ3v) is 3.71. The molecule has 0 bridgehead atoms. The predicted octanol–water partition coefficient (Wildman–Crippen LogP) is 1.78. The number of rotatable bonds is 3. The van der Waals surface area contributed by atoms with Crippen molar-refractivity contribution in [1.82, 2.24) is 14.9 Å². The topological polar surface area (TPSA) is 60.1 Å². The maximum Gasteiger partial charge on any atom is 0.254 e. The van der Waals surface area contributed by atoms with Crippen LogP contribution in [0.2, 0.25) is 0 Å². The second-order valence-electron chi connectivity index (χ2n) is 5.00. The number of aromatic nitrogens is 2. The highest BCUT2D eigenvalue weighted by Gasteiger charge is 2.20. The Morgan fingerprint density at radius 1 is 1.63 bits per heavy atom. The molecule has 3 rings (SSSR count). The maximum absolute atomic E-state index is 12.0. The van der Waals surface area contributed by atoms with Gasteiger partial charge in [0.15, 0.2) is 0 Å². The molecule has 0 radical (unpaired) electrons. The highest BCUT2D eigenvalue weighted by Crippen LogP contribution is 2.18. The molecule has 1 N–H and O–H groups in total. The minimum absolute atomic E-state index is 0.0554. The third-order valence-electron chi connectivity index (χ3n) is 3.71. The quantitative estimate of drug-likeness (QED) is 0.914. The average Bonchev–Trinajstić information content (AvgIpc) is 3.03. The lowest BCUT2D eigenvalue weighted by molar-refractivity contribution is 0.0943. The molecule has 5 heteroatoms. The van der Waals surface area contributed by atoms with E-state index in [0.29, 0.717) is 23.8 Å². The first kappa shape index (κ1) is 12.0. The molecule has 0 aliphatic carbocycles. The van der Waals surface area contributed by atoms with Gasteiger partial charge in [-0.2, -0.15) is 0 Å². The summed E-state index contributed by atoms with van der Waals surface area (Å²) in [5, 5.41) is 2.98. The Hall–Kier alpha value is -2.04. The lowest BCUT2D eigenvalue weighted by Crippen LogP contribution is -2.33. The average molecular weight is 259 g/mol. The first-order valence-corrected chi connectivity index (χ1v) is 6.56. The van der Waals surface area contributed by atoms with E-state index in [0.717, 1.165) is 25.2 Å². The molecule has 19 heavy (non-hydrogen) atoms. The lowest BCUT2D eigenvalue weighted by atomic mass is 9.97. The molecule has 1 atom stereocenters. The van der Waals surface area contributed by atoms with Crippen LogP contribution in [-0.4, -0.2) is 22.0 Å². The van der Waals surface area contributed by atoms with Crippen molar-refractivity contribution in [1.29, 1.82) is 0 Å². The summed E-state index contributed by atoms with van der Waals surface area (Å²) in [7, 11) is 0. The summed E-state index contributed by atoms with van der Waals surface area (Å²) in [5.74, 6) is 2.19. The van der Waals surface area contributed by atoms with Crippen LogP contribution in [0.3, 0.4) is 0 Å². The van der Waals surface area contributed by atoms with E-state index in [4.69, 9.17) is 4.42 Å². The van der Waals surface area contributed by atoms with Gasteiger partial charge in [-0.15, -0.1) is 0 Å². The van der Waals surface area contributed by atoms with Gasteiger partial charge in [0, 0.05) is 31.9 Å². The summed E-state index contributed by atoms with van der Waals surface area (Å²) >= 11 is 0. The third kappa shape index (κ3) is 2.41. The van der Waals surface area contributed by atoms with E-state index in [1.165, 1.54) is 0 Å². The summed E-state index contributed by atoms with van der Waals surface area (Å²) in [5.41, 5.74) is 0.623. The first-order valence-electron chi connectivity index (χ1n) is 6.56. The number of furan rings is 1. The fourth-order valence-electron chi connectivity index (χ4n) is 2.54. The molecule has 100 valence electrons. The highest BCUT2D eigenvalue weighted by atomic mass is 16.3. The van der Waals surface area contributed by atoms with E-state index in [1.807, 2.05) is 12.4 Å². The second kappa shape index (κ2) is 4.91. The Labute approximate surface area is 111 Å².